The zero-order valence-corrected chi connectivity index (χ0v) is 16.7. The number of nitrogens with zero attached hydrogens (tertiary/aromatic N) is 3. The van der Waals surface area contributed by atoms with Gasteiger partial charge in [-0.2, -0.15) is 10.2 Å². The molecule has 9 heteroatoms. The maximum Gasteiger partial charge on any atom is 0.407 e. The van der Waals surface area contributed by atoms with E-state index in [1.54, 1.807) is 16.9 Å². The lowest BCUT2D eigenvalue weighted by atomic mass is 10.0. The lowest BCUT2D eigenvalue weighted by Gasteiger charge is -2.14. The van der Waals surface area contributed by atoms with Crippen LogP contribution in [0, 0.1) is 0 Å². The molecule has 28 heavy (non-hydrogen) atoms. The Morgan fingerprint density at radius 2 is 2.07 bits per heavy atom. The van der Waals surface area contributed by atoms with Gasteiger partial charge < -0.3 is 15.4 Å². The lowest BCUT2D eigenvalue weighted by Crippen LogP contribution is -2.33. The number of anilines is 1. The van der Waals surface area contributed by atoms with E-state index >= 15 is 0 Å². The molecule has 1 fully saturated rings. The van der Waals surface area contributed by atoms with Crippen LogP contribution < -0.4 is 10.6 Å². The number of aromatic nitrogens is 4. The fourth-order valence-electron chi connectivity index (χ4n) is 3.29. The minimum atomic E-state index is -0.376. The Morgan fingerprint density at radius 1 is 1.29 bits per heavy atom. The number of rotatable bonds is 6. The predicted molar refractivity (Wildman–Crippen MR) is 104 cm³/mol. The van der Waals surface area contributed by atoms with Gasteiger partial charge in [0.1, 0.15) is 6.10 Å². The second-order valence-corrected chi connectivity index (χ2v) is 7.77. The van der Waals surface area contributed by atoms with Gasteiger partial charge in [0.05, 0.1) is 0 Å². The first-order chi connectivity index (χ1) is 13.3. The quantitative estimate of drug-likeness (QED) is 0.703. The van der Waals surface area contributed by atoms with Gasteiger partial charge in [-0.05, 0) is 53.0 Å². The van der Waals surface area contributed by atoms with Crippen molar-refractivity contribution >= 4 is 17.8 Å². The average Bonchev–Trinajstić information content (AvgIpc) is 3.34. The Kier molecular flexibility index (Phi) is 6.01. The van der Waals surface area contributed by atoms with Gasteiger partial charge in [-0.3, -0.25) is 14.6 Å². The van der Waals surface area contributed by atoms with Crippen LogP contribution in [0.4, 0.5) is 10.6 Å². The molecule has 2 atom stereocenters. The van der Waals surface area contributed by atoms with Gasteiger partial charge in [0, 0.05) is 36.0 Å². The molecule has 1 saturated carbocycles. The number of carbonyl (C=O) groups is 2. The molecule has 3 N–H and O–H groups in total. The number of hydrogen-bond acceptors (Lipinski definition) is 5. The number of nitrogens with one attached hydrogen (secondary N) is 3. The molecule has 152 valence electrons. The molecular weight excluding hydrogens is 360 g/mol. The van der Waals surface area contributed by atoms with Gasteiger partial charge in [0.15, 0.2) is 11.5 Å². The van der Waals surface area contributed by atoms with Crippen LogP contribution in [0.2, 0.25) is 0 Å². The SMILES string of the molecule is CC(C)NC(=O)OC1CCC(c2cc(NC(=O)c3ccn(C(C)C)n3)n[nH]2)C1. The molecule has 0 spiro atoms. The van der Waals surface area contributed by atoms with E-state index in [9.17, 15) is 9.59 Å². The molecule has 3 rings (SSSR count). The van der Waals surface area contributed by atoms with Crippen molar-refractivity contribution in [1.29, 1.82) is 0 Å². The largest absolute Gasteiger partial charge is 0.446 e. The predicted octanol–water partition coefficient (Wildman–Crippen LogP) is 3.21. The molecule has 0 bridgehead atoms. The molecule has 1 aliphatic rings. The number of carbonyl (C=O) groups excluding carboxylic acids is 2. The first-order valence-electron chi connectivity index (χ1n) is 9.70. The summed E-state index contributed by atoms with van der Waals surface area (Å²) in [7, 11) is 0. The second kappa shape index (κ2) is 8.45. The highest BCUT2D eigenvalue weighted by atomic mass is 16.6. The molecule has 0 aliphatic heterocycles. The molecule has 2 heterocycles. The summed E-state index contributed by atoms with van der Waals surface area (Å²) in [5.41, 5.74) is 1.28. The van der Waals surface area contributed by atoms with Crippen molar-refractivity contribution in [3.8, 4) is 0 Å². The van der Waals surface area contributed by atoms with Gasteiger partial charge in [-0.25, -0.2) is 4.79 Å². The number of ether oxygens (including phenoxy) is 1. The Morgan fingerprint density at radius 3 is 2.75 bits per heavy atom. The smallest absolute Gasteiger partial charge is 0.407 e. The molecule has 1 aliphatic carbocycles. The summed E-state index contributed by atoms with van der Waals surface area (Å²) in [6.45, 7) is 7.79. The summed E-state index contributed by atoms with van der Waals surface area (Å²) in [5, 5.41) is 16.9. The van der Waals surface area contributed by atoms with E-state index in [1.165, 1.54) is 0 Å². The summed E-state index contributed by atoms with van der Waals surface area (Å²) in [6.07, 6.45) is 3.74. The van der Waals surface area contributed by atoms with Crippen molar-refractivity contribution in [1.82, 2.24) is 25.3 Å². The Bertz CT molecular complexity index is 825. The zero-order valence-electron chi connectivity index (χ0n) is 16.7. The summed E-state index contributed by atoms with van der Waals surface area (Å²) >= 11 is 0. The van der Waals surface area contributed by atoms with E-state index in [4.69, 9.17) is 4.74 Å². The van der Waals surface area contributed by atoms with Gasteiger partial charge in [0.2, 0.25) is 0 Å². The van der Waals surface area contributed by atoms with Crippen LogP contribution in [0.15, 0.2) is 18.3 Å². The normalized spacial score (nSPS) is 19.2. The van der Waals surface area contributed by atoms with Crippen molar-refractivity contribution in [2.24, 2.45) is 0 Å². The van der Waals surface area contributed by atoms with Gasteiger partial charge in [-0.1, -0.05) is 0 Å². The summed E-state index contributed by atoms with van der Waals surface area (Å²) < 4.78 is 7.20. The third-order valence-electron chi connectivity index (χ3n) is 4.71. The fourth-order valence-corrected chi connectivity index (χ4v) is 3.29. The van der Waals surface area contributed by atoms with Crippen molar-refractivity contribution in [2.75, 3.05) is 5.32 Å². The van der Waals surface area contributed by atoms with Crippen LogP contribution in [-0.4, -0.2) is 44.1 Å². The van der Waals surface area contributed by atoms with E-state index < -0.39 is 0 Å². The van der Waals surface area contributed by atoms with Crippen molar-refractivity contribution < 1.29 is 14.3 Å². The van der Waals surface area contributed by atoms with Crippen molar-refractivity contribution in [3.05, 3.63) is 29.7 Å². The van der Waals surface area contributed by atoms with Gasteiger partial charge >= 0.3 is 6.09 Å². The number of aromatic amines is 1. The third-order valence-corrected chi connectivity index (χ3v) is 4.71. The molecule has 0 radical (unpaired) electrons. The highest BCUT2D eigenvalue weighted by Crippen LogP contribution is 2.35. The van der Waals surface area contributed by atoms with Crippen LogP contribution in [0.3, 0.4) is 0 Å². The maximum absolute atomic E-state index is 12.3. The molecule has 9 nitrogen and oxygen atoms in total. The summed E-state index contributed by atoms with van der Waals surface area (Å²) in [4.78, 5) is 24.1. The molecule has 0 aromatic carbocycles. The van der Waals surface area contributed by atoms with Gasteiger partial charge in [0.25, 0.3) is 5.91 Å². The monoisotopic (exact) mass is 388 g/mol. The van der Waals surface area contributed by atoms with Crippen LogP contribution in [0.5, 0.6) is 0 Å². The number of amides is 2. The zero-order chi connectivity index (χ0) is 20.3. The van der Waals surface area contributed by atoms with Crippen molar-refractivity contribution in [2.45, 2.75) is 71.1 Å². The Labute approximate surface area is 164 Å². The number of hydrogen-bond donors (Lipinski definition) is 3. The second-order valence-electron chi connectivity index (χ2n) is 7.77. The first kappa shape index (κ1) is 19.9. The Balaban J connectivity index is 1.54. The van der Waals surface area contributed by atoms with Crippen LogP contribution >= 0.6 is 0 Å². The van der Waals surface area contributed by atoms with Crippen molar-refractivity contribution in [3.63, 3.8) is 0 Å². The van der Waals surface area contributed by atoms with Crippen LogP contribution in [0.1, 0.15) is 75.1 Å². The molecule has 2 amide bonds. The van der Waals surface area contributed by atoms with E-state index in [-0.39, 0.29) is 36.1 Å². The molecule has 0 saturated heterocycles. The number of alkyl carbamates (subject to hydrolysis) is 1. The van der Waals surface area contributed by atoms with E-state index in [0.717, 1.165) is 25.0 Å². The highest BCUT2D eigenvalue weighted by molar-refractivity contribution is 6.02. The average molecular weight is 388 g/mol. The number of H-pyrrole nitrogens is 1. The van der Waals surface area contributed by atoms with Crippen LogP contribution in [-0.2, 0) is 4.74 Å². The van der Waals surface area contributed by atoms with Crippen LogP contribution in [0.25, 0.3) is 0 Å². The molecule has 2 aromatic rings. The Hall–Kier alpha value is -2.84. The highest BCUT2D eigenvalue weighted by Gasteiger charge is 2.30. The van der Waals surface area contributed by atoms with E-state index in [0.29, 0.717) is 11.5 Å². The minimum absolute atomic E-state index is 0.0513. The molecule has 2 aromatic heterocycles. The molecule has 2 unspecified atom stereocenters. The molecular formula is C19H28N6O3. The third kappa shape index (κ3) is 4.90. The van der Waals surface area contributed by atoms with Gasteiger partial charge in [-0.15, -0.1) is 0 Å². The fraction of sp³-hybridized carbons (Fsp3) is 0.579. The topological polar surface area (TPSA) is 114 Å². The first-order valence-corrected chi connectivity index (χ1v) is 9.70. The summed E-state index contributed by atoms with van der Waals surface area (Å²) in [6, 6.07) is 3.76. The minimum Gasteiger partial charge on any atom is -0.446 e. The maximum atomic E-state index is 12.3. The summed E-state index contributed by atoms with van der Waals surface area (Å²) in [5.74, 6) is 0.381. The standard InChI is InChI=1S/C19H28N6O3/c1-11(2)20-19(27)28-14-6-5-13(9-14)16-10-17(23-22-16)21-18(26)15-7-8-25(24-15)12(3)4/h7-8,10-14H,5-6,9H2,1-4H3,(H,20,27)(H2,21,22,23,26). The van der Waals surface area contributed by atoms with E-state index in [1.807, 2.05) is 33.8 Å². The van der Waals surface area contributed by atoms with E-state index in [2.05, 4.69) is 25.9 Å². The lowest BCUT2D eigenvalue weighted by molar-refractivity contribution is 0.0979.